The molecule has 0 aliphatic carbocycles. The molecule has 4 heterocycles. The van der Waals surface area contributed by atoms with Crippen LogP contribution in [-0.2, 0) is 11.2 Å². The SMILES string of the molecule is Cc1nc(C=CC(=O)N2CCCC(Cc3cc(Nc4nccs4)ncn3)C2)cs1. The highest BCUT2D eigenvalue weighted by Gasteiger charge is 2.23. The van der Waals surface area contributed by atoms with Crippen LogP contribution in [0.4, 0.5) is 10.9 Å². The molecule has 29 heavy (non-hydrogen) atoms. The van der Waals surface area contributed by atoms with Gasteiger partial charge in [-0.15, -0.1) is 22.7 Å². The van der Waals surface area contributed by atoms with Gasteiger partial charge in [0.2, 0.25) is 5.91 Å². The van der Waals surface area contributed by atoms with E-state index in [4.69, 9.17) is 0 Å². The number of hydrogen-bond donors (Lipinski definition) is 1. The summed E-state index contributed by atoms with van der Waals surface area (Å²) < 4.78 is 0. The van der Waals surface area contributed by atoms with Crippen molar-refractivity contribution in [3.8, 4) is 0 Å². The van der Waals surface area contributed by atoms with Crippen LogP contribution in [0.25, 0.3) is 6.08 Å². The Morgan fingerprint density at radius 2 is 2.28 bits per heavy atom. The predicted octanol–water partition coefficient (Wildman–Crippen LogP) is 3.94. The number of thiazole rings is 2. The van der Waals surface area contributed by atoms with Crippen molar-refractivity contribution in [3.63, 3.8) is 0 Å². The topological polar surface area (TPSA) is 83.9 Å². The van der Waals surface area contributed by atoms with E-state index in [0.29, 0.717) is 5.92 Å². The number of aryl methyl sites for hydroxylation is 1. The molecule has 0 radical (unpaired) electrons. The van der Waals surface area contributed by atoms with Gasteiger partial charge in [0.05, 0.1) is 10.7 Å². The molecule has 0 aromatic carbocycles. The molecule has 9 heteroatoms. The first-order chi connectivity index (χ1) is 14.2. The van der Waals surface area contributed by atoms with E-state index in [1.54, 1.807) is 36.0 Å². The fraction of sp³-hybridized carbons (Fsp3) is 0.350. The fourth-order valence-electron chi connectivity index (χ4n) is 3.42. The van der Waals surface area contributed by atoms with Crippen LogP contribution < -0.4 is 5.32 Å². The molecule has 150 valence electrons. The third-order valence-electron chi connectivity index (χ3n) is 4.75. The highest BCUT2D eigenvalue weighted by atomic mass is 32.1. The smallest absolute Gasteiger partial charge is 0.246 e. The van der Waals surface area contributed by atoms with Crippen molar-refractivity contribution < 1.29 is 4.79 Å². The maximum absolute atomic E-state index is 12.6. The molecule has 1 amide bonds. The van der Waals surface area contributed by atoms with Crippen molar-refractivity contribution in [3.05, 3.63) is 51.8 Å². The molecule has 1 atom stereocenters. The number of carbonyl (C=O) groups is 1. The number of amides is 1. The molecular formula is C20H22N6OS2. The summed E-state index contributed by atoms with van der Waals surface area (Å²) in [5.41, 5.74) is 1.82. The van der Waals surface area contributed by atoms with Crippen LogP contribution in [0.2, 0.25) is 0 Å². The third kappa shape index (κ3) is 5.45. The van der Waals surface area contributed by atoms with Gasteiger partial charge in [0.1, 0.15) is 12.1 Å². The van der Waals surface area contributed by atoms with Crippen molar-refractivity contribution in [2.24, 2.45) is 5.92 Å². The Kier molecular flexibility index (Phi) is 6.26. The summed E-state index contributed by atoms with van der Waals surface area (Å²) in [4.78, 5) is 31.8. The standard InChI is InChI=1S/C20H22N6OS2/c1-14-24-16(12-29-14)4-5-19(27)26-7-2-3-15(11-26)9-17-10-18(23-13-22-17)25-20-21-6-8-28-20/h4-6,8,10,12-13,15H,2-3,7,9,11H2,1H3,(H,21,22,23,25). The Morgan fingerprint density at radius 3 is 3.07 bits per heavy atom. The number of aromatic nitrogens is 4. The first-order valence-electron chi connectivity index (χ1n) is 9.52. The number of anilines is 2. The highest BCUT2D eigenvalue weighted by molar-refractivity contribution is 7.13. The summed E-state index contributed by atoms with van der Waals surface area (Å²) in [7, 11) is 0. The van der Waals surface area contributed by atoms with Crippen molar-refractivity contribution in [1.29, 1.82) is 0 Å². The maximum Gasteiger partial charge on any atom is 0.246 e. The van der Waals surface area contributed by atoms with Crippen LogP contribution >= 0.6 is 22.7 Å². The number of hydrogen-bond acceptors (Lipinski definition) is 8. The van der Waals surface area contributed by atoms with Gasteiger partial charge in [0.15, 0.2) is 5.13 Å². The first-order valence-corrected chi connectivity index (χ1v) is 11.3. The van der Waals surface area contributed by atoms with Gasteiger partial charge in [-0.1, -0.05) is 0 Å². The molecule has 0 saturated carbocycles. The molecule has 1 fully saturated rings. The molecule has 1 saturated heterocycles. The third-order valence-corrected chi connectivity index (χ3v) is 6.23. The van der Waals surface area contributed by atoms with E-state index < -0.39 is 0 Å². The van der Waals surface area contributed by atoms with Gasteiger partial charge in [0, 0.05) is 47.9 Å². The largest absolute Gasteiger partial charge is 0.339 e. The Balaban J connectivity index is 1.35. The molecule has 0 bridgehead atoms. The van der Waals surface area contributed by atoms with Crippen LogP contribution in [0, 0.1) is 12.8 Å². The van der Waals surface area contributed by atoms with E-state index in [2.05, 4.69) is 25.3 Å². The Labute approximate surface area is 177 Å². The zero-order valence-corrected chi connectivity index (χ0v) is 17.7. The van der Waals surface area contributed by atoms with Crippen LogP contribution in [-0.4, -0.2) is 43.8 Å². The van der Waals surface area contributed by atoms with Gasteiger partial charge >= 0.3 is 0 Å². The van der Waals surface area contributed by atoms with Crippen molar-refractivity contribution >= 4 is 45.6 Å². The van der Waals surface area contributed by atoms with Crippen LogP contribution in [0.3, 0.4) is 0 Å². The molecule has 1 unspecified atom stereocenters. The lowest BCUT2D eigenvalue weighted by Crippen LogP contribution is -2.39. The lowest BCUT2D eigenvalue weighted by atomic mass is 9.93. The van der Waals surface area contributed by atoms with E-state index in [1.165, 1.54) is 11.3 Å². The second kappa shape index (κ2) is 9.23. The molecule has 1 aliphatic heterocycles. The molecule has 4 rings (SSSR count). The van der Waals surface area contributed by atoms with Crippen molar-refractivity contribution in [1.82, 2.24) is 24.8 Å². The molecule has 7 nitrogen and oxygen atoms in total. The average molecular weight is 427 g/mol. The Bertz CT molecular complexity index is 985. The molecular weight excluding hydrogens is 404 g/mol. The molecule has 1 aliphatic rings. The number of nitrogens with zero attached hydrogens (tertiary/aromatic N) is 5. The normalized spacial score (nSPS) is 17.0. The highest BCUT2D eigenvalue weighted by Crippen LogP contribution is 2.22. The summed E-state index contributed by atoms with van der Waals surface area (Å²) in [6, 6.07) is 1.96. The Morgan fingerprint density at radius 1 is 1.34 bits per heavy atom. The van der Waals surface area contributed by atoms with E-state index in [0.717, 1.165) is 59.7 Å². The van der Waals surface area contributed by atoms with Gasteiger partial charge in [0.25, 0.3) is 0 Å². The minimum Gasteiger partial charge on any atom is -0.339 e. The molecule has 3 aromatic heterocycles. The summed E-state index contributed by atoms with van der Waals surface area (Å²) in [6.07, 6.45) is 9.71. The number of likely N-dealkylation sites (tertiary alicyclic amines) is 1. The zero-order chi connectivity index (χ0) is 20.1. The molecule has 1 N–H and O–H groups in total. The van der Waals surface area contributed by atoms with Crippen LogP contribution in [0.15, 0.2) is 35.4 Å². The van der Waals surface area contributed by atoms with Gasteiger partial charge < -0.3 is 10.2 Å². The summed E-state index contributed by atoms with van der Waals surface area (Å²) in [6.45, 7) is 3.51. The van der Waals surface area contributed by atoms with Crippen LogP contribution in [0.5, 0.6) is 0 Å². The summed E-state index contributed by atoms with van der Waals surface area (Å²) in [5.74, 6) is 1.19. The average Bonchev–Trinajstić information content (AvgIpc) is 3.38. The van der Waals surface area contributed by atoms with Gasteiger partial charge in [-0.25, -0.2) is 19.9 Å². The van der Waals surface area contributed by atoms with Gasteiger partial charge in [-0.05, 0) is 38.2 Å². The van der Waals surface area contributed by atoms with Crippen LogP contribution in [0.1, 0.15) is 29.2 Å². The quantitative estimate of drug-likeness (QED) is 0.601. The number of nitrogens with one attached hydrogen (secondary N) is 1. The monoisotopic (exact) mass is 426 g/mol. The van der Waals surface area contributed by atoms with E-state index >= 15 is 0 Å². The van der Waals surface area contributed by atoms with Crippen molar-refractivity contribution in [2.45, 2.75) is 26.2 Å². The van der Waals surface area contributed by atoms with Gasteiger partial charge in [-0.3, -0.25) is 4.79 Å². The van der Waals surface area contributed by atoms with Gasteiger partial charge in [-0.2, -0.15) is 0 Å². The lowest BCUT2D eigenvalue weighted by molar-refractivity contribution is -0.127. The Hall–Kier alpha value is -2.65. The van der Waals surface area contributed by atoms with E-state index in [-0.39, 0.29) is 5.91 Å². The lowest BCUT2D eigenvalue weighted by Gasteiger charge is -2.32. The number of rotatable bonds is 6. The second-order valence-corrected chi connectivity index (χ2v) is 8.93. The zero-order valence-electron chi connectivity index (χ0n) is 16.1. The predicted molar refractivity (Wildman–Crippen MR) is 116 cm³/mol. The maximum atomic E-state index is 12.6. The summed E-state index contributed by atoms with van der Waals surface area (Å²) >= 11 is 3.12. The van der Waals surface area contributed by atoms with E-state index in [1.807, 2.05) is 28.7 Å². The molecule has 0 spiro atoms. The fourth-order valence-corrected chi connectivity index (χ4v) is 4.54. The second-order valence-electron chi connectivity index (χ2n) is 6.98. The van der Waals surface area contributed by atoms with Crippen molar-refractivity contribution in [2.75, 3.05) is 18.4 Å². The number of carbonyl (C=O) groups excluding carboxylic acids is 1. The summed E-state index contributed by atoms with van der Waals surface area (Å²) in [5, 5.41) is 8.90. The minimum absolute atomic E-state index is 0.0502. The first kappa shape index (κ1) is 19.7. The van der Waals surface area contributed by atoms with E-state index in [9.17, 15) is 4.79 Å². The molecule has 3 aromatic rings. The minimum atomic E-state index is 0.0502. The number of piperidine rings is 1.